The Bertz CT molecular complexity index is 622. The van der Waals surface area contributed by atoms with Crippen LogP contribution in [0.5, 0.6) is 17.2 Å². The number of hydrogen-bond acceptors (Lipinski definition) is 5. The van der Waals surface area contributed by atoms with Crippen LogP contribution in [0, 0.1) is 0 Å². The molecular weight excluding hydrogens is 483 g/mol. The first kappa shape index (κ1) is 25.6. The molecule has 0 atom stereocenters. The zero-order valence-corrected chi connectivity index (χ0v) is 20.9. The number of likely N-dealkylation sites (tertiary alicyclic amines) is 1. The molecule has 0 unspecified atom stereocenters. The van der Waals surface area contributed by atoms with Gasteiger partial charge >= 0.3 is 0 Å². The molecule has 7 nitrogen and oxygen atoms in total. The van der Waals surface area contributed by atoms with Gasteiger partial charge in [-0.05, 0) is 51.3 Å². The van der Waals surface area contributed by atoms with Crippen LogP contribution in [0.4, 0.5) is 0 Å². The van der Waals surface area contributed by atoms with Gasteiger partial charge in [-0.25, -0.2) is 4.99 Å². The van der Waals surface area contributed by atoms with E-state index in [9.17, 15) is 0 Å². The largest absolute Gasteiger partial charge is 0.493 e. The highest BCUT2D eigenvalue weighted by atomic mass is 127. The van der Waals surface area contributed by atoms with Gasteiger partial charge in [-0.2, -0.15) is 0 Å². The third-order valence-electron chi connectivity index (χ3n) is 5.09. The number of halogens is 1. The van der Waals surface area contributed by atoms with E-state index in [1.54, 1.807) is 21.3 Å². The third-order valence-corrected chi connectivity index (χ3v) is 5.09. The number of aliphatic imine (C=N–C) groups is 1. The van der Waals surface area contributed by atoms with Crippen LogP contribution >= 0.6 is 24.0 Å². The lowest BCUT2D eigenvalue weighted by molar-refractivity contribution is 0.167. The summed E-state index contributed by atoms with van der Waals surface area (Å²) >= 11 is 0. The Balaban J connectivity index is 0.00000420. The van der Waals surface area contributed by atoms with Crippen molar-refractivity contribution in [2.24, 2.45) is 4.99 Å². The van der Waals surface area contributed by atoms with E-state index in [1.165, 1.54) is 0 Å². The SMILES string of the molecule is CCNC(=NCc1cc(OC)c(OC)c(OC)c1)NC1CCN(C(C)C)CC1.I. The van der Waals surface area contributed by atoms with Gasteiger partial charge in [0, 0.05) is 31.7 Å². The Labute approximate surface area is 192 Å². The lowest BCUT2D eigenvalue weighted by Crippen LogP contribution is -2.49. The fourth-order valence-corrected chi connectivity index (χ4v) is 3.47. The molecule has 1 heterocycles. The third kappa shape index (κ3) is 7.40. The highest BCUT2D eigenvalue weighted by Crippen LogP contribution is 2.38. The first-order valence-electron chi connectivity index (χ1n) is 10.1. The highest BCUT2D eigenvalue weighted by Gasteiger charge is 2.21. The molecule has 1 aliphatic heterocycles. The minimum Gasteiger partial charge on any atom is -0.493 e. The summed E-state index contributed by atoms with van der Waals surface area (Å²) in [5.41, 5.74) is 1.00. The van der Waals surface area contributed by atoms with Gasteiger partial charge in [0.15, 0.2) is 17.5 Å². The molecule has 0 saturated carbocycles. The topological polar surface area (TPSA) is 67.4 Å². The van der Waals surface area contributed by atoms with E-state index in [1.807, 2.05) is 12.1 Å². The molecule has 0 aromatic heterocycles. The van der Waals surface area contributed by atoms with Gasteiger partial charge in [0.2, 0.25) is 5.75 Å². The number of benzene rings is 1. The molecule has 1 saturated heterocycles. The van der Waals surface area contributed by atoms with Crippen molar-refractivity contribution < 1.29 is 14.2 Å². The molecule has 0 spiro atoms. The summed E-state index contributed by atoms with van der Waals surface area (Å²) in [5.74, 6) is 2.73. The van der Waals surface area contributed by atoms with Gasteiger partial charge in [-0.1, -0.05) is 0 Å². The van der Waals surface area contributed by atoms with Crippen molar-refractivity contribution in [3.8, 4) is 17.2 Å². The van der Waals surface area contributed by atoms with Crippen molar-refractivity contribution in [1.29, 1.82) is 0 Å². The maximum Gasteiger partial charge on any atom is 0.203 e. The summed E-state index contributed by atoms with van der Waals surface area (Å²) in [5, 5.41) is 6.94. The van der Waals surface area contributed by atoms with Crippen molar-refractivity contribution in [2.45, 2.75) is 52.2 Å². The summed E-state index contributed by atoms with van der Waals surface area (Å²) in [6, 6.07) is 4.95. The summed E-state index contributed by atoms with van der Waals surface area (Å²) in [4.78, 5) is 7.29. The Morgan fingerprint density at radius 3 is 2.14 bits per heavy atom. The molecule has 166 valence electrons. The molecule has 1 aromatic rings. The lowest BCUT2D eigenvalue weighted by atomic mass is 10.0. The molecule has 0 bridgehead atoms. The van der Waals surface area contributed by atoms with Crippen LogP contribution in [0.25, 0.3) is 0 Å². The summed E-state index contributed by atoms with van der Waals surface area (Å²) < 4.78 is 16.3. The number of nitrogens with one attached hydrogen (secondary N) is 2. The van der Waals surface area contributed by atoms with Crippen molar-refractivity contribution in [3.63, 3.8) is 0 Å². The Morgan fingerprint density at radius 1 is 1.10 bits per heavy atom. The second-order valence-electron chi connectivity index (χ2n) is 7.28. The number of methoxy groups -OCH3 is 3. The molecule has 0 amide bonds. The van der Waals surface area contributed by atoms with Gasteiger partial charge in [-0.3, -0.25) is 0 Å². The first-order chi connectivity index (χ1) is 13.5. The van der Waals surface area contributed by atoms with E-state index in [2.05, 4.69) is 36.3 Å². The second kappa shape index (κ2) is 13.0. The molecule has 2 N–H and O–H groups in total. The van der Waals surface area contributed by atoms with Crippen molar-refractivity contribution in [3.05, 3.63) is 17.7 Å². The van der Waals surface area contributed by atoms with Crippen LogP contribution in [-0.2, 0) is 6.54 Å². The van der Waals surface area contributed by atoms with E-state index < -0.39 is 0 Å². The molecule has 1 aliphatic rings. The van der Waals surface area contributed by atoms with Crippen molar-refractivity contribution in [1.82, 2.24) is 15.5 Å². The number of rotatable bonds is 8. The maximum atomic E-state index is 5.44. The van der Waals surface area contributed by atoms with Gasteiger partial charge < -0.3 is 29.7 Å². The number of hydrogen-bond donors (Lipinski definition) is 2. The first-order valence-corrected chi connectivity index (χ1v) is 10.1. The van der Waals surface area contributed by atoms with E-state index in [0.29, 0.717) is 35.9 Å². The number of nitrogens with zero attached hydrogens (tertiary/aromatic N) is 2. The average molecular weight is 520 g/mol. The molecule has 29 heavy (non-hydrogen) atoms. The van der Waals surface area contributed by atoms with E-state index in [4.69, 9.17) is 19.2 Å². The predicted octanol–water partition coefficient (Wildman–Crippen LogP) is 3.26. The Morgan fingerprint density at radius 2 is 1.69 bits per heavy atom. The molecule has 0 aliphatic carbocycles. The van der Waals surface area contributed by atoms with Gasteiger partial charge in [0.25, 0.3) is 0 Å². The van der Waals surface area contributed by atoms with Crippen LogP contribution in [0.15, 0.2) is 17.1 Å². The van der Waals surface area contributed by atoms with Crippen LogP contribution in [-0.4, -0.2) is 63.9 Å². The monoisotopic (exact) mass is 520 g/mol. The van der Waals surface area contributed by atoms with Gasteiger partial charge in [0.1, 0.15) is 0 Å². The fraction of sp³-hybridized carbons (Fsp3) is 0.667. The number of ether oxygens (including phenoxy) is 3. The van der Waals surface area contributed by atoms with Gasteiger partial charge in [-0.15, -0.1) is 24.0 Å². The zero-order valence-electron chi connectivity index (χ0n) is 18.6. The van der Waals surface area contributed by atoms with Crippen LogP contribution in [0.2, 0.25) is 0 Å². The quantitative estimate of drug-likeness (QED) is 0.312. The second-order valence-corrected chi connectivity index (χ2v) is 7.28. The van der Waals surface area contributed by atoms with E-state index in [0.717, 1.165) is 44.0 Å². The summed E-state index contributed by atoms with van der Waals surface area (Å²) in [7, 11) is 4.86. The zero-order chi connectivity index (χ0) is 20.5. The number of piperidine rings is 1. The minimum atomic E-state index is 0. The number of guanidine groups is 1. The van der Waals surface area contributed by atoms with Crippen LogP contribution < -0.4 is 24.8 Å². The maximum absolute atomic E-state index is 5.44. The van der Waals surface area contributed by atoms with Gasteiger partial charge in [0.05, 0.1) is 27.9 Å². The predicted molar refractivity (Wildman–Crippen MR) is 129 cm³/mol. The Kier molecular flexibility index (Phi) is 11.5. The average Bonchev–Trinajstić information content (AvgIpc) is 2.71. The molecule has 0 radical (unpaired) electrons. The molecule has 2 rings (SSSR count). The smallest absolute Gasteiger partial charge is 0.203 e. The molecular formula is C21H37IN4O3. The molecule has 1 aromatic carbocycles. The normalized spacial score (nSPS) is 15.6. The Hall–Kier alpha value is -1.42. The standard InChI is InChI=1S/C21H36N4O3.HI/c1-7-22-21(24-17-8-10-25(11-9-17)15(2)3)23-14-16-12-18(26-4)20(28-6)19(13-16)27-5;/h12-13,15,17H,7-11,14H2,1-6H3,(H2,22,23,24);1H. The molecule has 8 heteroatoms. The molecule has 1 fully saturated rings. The van der Waals surface area contributed by atoms with Crippen molar-refractivity contribution >= 4 is 29.9 Å². The summed E-state index contributed by atoms with van der Waals surface area (Å²) in [6.45, 7) is 10.2. The highest BCUT2D eigenvalue weighted by molar-refractivity contribution is 14.0. The van der Waals surface area contributed by atoms with E-state index in [-0.39, 0.29) is 24.0 Å². The van der Waals surface area contributed by atoms with Crippen LogP contribution in [0.3, 0.4) is 0 Å². The fourth-order valence-electron chi connectivity index (χ4n) is 3.47. The van der Waals surface area contributed by atoms with Crippen molar-refractivity contribution in [2.75, 3.05) is 41.0 Å². The lowest BCUT2D eigenvalue weighted by Gasteiger charge is -2.35. The van der Waals surface area contributed by atoms with Crippen LogP contribution in [0.1, 0.15) is 39.2 Å². The van der Waals surface area contributed by atoms with E-state index >= 15 is 0 Å². The minimum absolute atomic E-state index is 0. The summed E-state index contributed by atoms with van der Waals surface area (Å²) in [6.07, 6.45) is 2.26.